The van der Waals surface area contributed by atoms with Gasteiger partial charge in [-0.3, -0.25) is 0 Å². The summed E-state index contributed by atoms with van der Waals surface area (Å²) in [5, 5.41) is 25.7. The highest BCUT2D eigenvalue weighted by Gasteiger charge is 2.05. The van der Waals surface area contributed by atoms with Crippen LogP contribution in [0.15, 0.2) is 0 Å². The Bertz CT molecular complexity index is 66.1. The molecule has 0 saturated carbocycles. The number of hydrogen-bond donors (Lipinski definition) is 3. The van der Waals surface area contributed by atoms with E-state index in [0.717, 1.165) is 0 Å². The van der Waals surface area contributed by atoms with Crippen LogP contribution in [0.1, 0.15) is 6.42 Å². The molecule has 4 heteroatoms. The maximum atomic E-state index is 8.72. The van der Waals surface area contributed by atoms with Crippen molar-refractivity contribution in [2.24, 2.45) is 0 Å². The minimum Gasteiger partial charge on any atom is -0.394 e. The Morgan fingerprint density at radius 2 is 2.00 bits per heavy atom. The van der Waals surface area contributed by atoms with E-state index in [4.69, 9.17) is 15.3 Å². The van der Waals surface area contributed by atoms with Crippen LogP contribution in [0.3, 0.4) is 0 Å². The molecular weight excluding hydrogens is 136 g/mol. The van der Waals surface area contributed by atoms with Crippen molar-refractivity contribution >= 4 is 0 Å². The first-order valence-corrected chi connectivity index (χ1v) is 3.08. The van der Waals surface area contributed by atoms with E-state index >= 15 is 0 Å². The van der Waals surface area contributed by atoms with E-state index in [0.29, 0.717) is 0 Å². The summed E-state index contributed by atoms with van der Waals surface area (Å²) in [7, 11) is 0. The minimum absolute atomic E-state index is 0.0623. The van der Waals surface area contributed by atoms with Crippen molar-refractivity contribution in [3.63, 3.8) is 0 Å². The predicted octanol–water partition coefficient (Wildman–Crippen LogP) is -1.10. The molecule has 0 heterocycles. The fourth-order valence-electron chi connectivity index (χ4n) is 0.358. The second-order valence-corrected chi connectivity index (χ2v) is 1.91. The summed E-state index contributed by atoms with van der Waals surface area (Å²) in [6.45, 7) is 2.95. The quantitative estimate of drug-likeness (QED) is 0.434. The number of rotatable bonds is 5. The molecule has 0 fully saturated rings. The van der Waals surface area contributed by atoms with Gasteiger partial charge in [-0.25, -0.2) is 0 Å². The van der Waals surface area contributed by atoms with Gasteiger partial charge in [0.1, 0.15) is 6.10 Å². The van der Waals surface area contributed by atoms with Gasteiger partial charge in [-0.15, -0.1) is 0 Å². The maximum Gasteiger partial charge on any atom is 0.154 e. The average molecular weight is 149 g/mol. The van der Waals surface area contributed by atoms with Gasteiger partial charge in [0.25, 0.3) is 0 Å². The molecule has 0 bridgehead atoms. The molecule has 0 aromatic carbocycles. The maximum absolute atomic E-state index is 8.72. The van der Waals surface area contributed by atoms with E-state index in [1.807, 2.05) is 0 Å². The van der Waals surface area contributed by atoms with Gasteiger partial charge in [0, 0.05) is 0 Å². The summed E-state index contributed by atoms with van der Waals surface area (Å²) in [6.07, 6.45) is -1.62. The van der Waals surface area contributed by atoms with Crippen molar-refractivity contribution in [3.8, 4) is 0 Å². The number of aliphatic hydroxyl groups is 3. The molecule has 0 aromatic rings. The normalized spacial score (nSPS) is 16.8. The Labute approximate surface area is 60.1 Å². The molecule has 2 atom stereocenters. The second kappa shape index (κ2) is 5.61. The number of aliphatic hydroxyl groups excluding tert-OH is 3. The van der Waals surface area contributed by atoms with E-state index in [2.05, 4.69) is 11.7 Å². The number of hydrogen-bond acceptors (Lipinski definition) is 4. The first-order chi connectivity index (χ1) is 4.70. The van der Waals surface area contributed by atoms with Crippen molar-refractivity contribution in [2.45, 2.75) is 18.8 Å². The SMILES string of the molecule is [CH2]CC(O)OCC(O)CO. The van der Waals surface area contributed by atoms with Crippen molar-refractivity contribution in [1.82, 2.24) is 0 Å². The van der Waals surface area contributed by atoms with E-state index < -0.39 is 12.4 Å². The summed E-state index contributed by atoms with van der Waals surface area (Å²) in [5.74, 6) is 0. The Kier molecular flexibility index (Phi) is 5.52. The third kappa shape index (κ3) is 4.69. The van der Waals surface area contributed by atoms with Gasteiger partial charge in [0.2, 0.25) is 0 Å². The van der Waals surface area contributed by atoms with Crippen molar-refractivity contribution in [2.75, 3.05) is 13.2 Å². The highest BCUT2D eigenvalue weighted by Crippen LogP contribution is 1.93. The zero-order chi connectivity index (χ0) is 7.98. The van der Waals surface area contributed by atoms with Crippen LogP contribution >= 0.6 is 0 Å². The monoisotopic (exact) mass is 149 g/mol. The fraction of sp³-hybridized carbons (Fsp3) is 0.833. The van der Waals surface area contributed by atoms with Crippen LogP contribution in [0.25, 0.3) is 0 Å². The zero-order valence-electron chi connectivity index (χ0n) is 5.73. The molecule has 0 saturated heterocycles. The fourth-order valence-corrected chi connectivity index (χ4v) is 0.358. The predicted molar refractivity (Wildman–Crippen MR) is 35.0 cm³/mol. The molecule has 0 spiro atoms. The molecule has 0 aliphatic rings. The van der Waals surface area contributed by atoms with Crippen molar-refractivity contribution in [1.29, 1.82) is 0 Å². The standard InChI is InChI=1S/C6H13O4/c1-2-6(9)10-4-5(8)3-7/h5-9H,1-4H2. The lowest BCUT2D eigenvalue weighted by molar-refractivity contribution is -0.124. The van der Waals surface area contributed by atoms with Crippen LogP contribution in [0.5, 0.6) is 0 Å². The topological polar surface area (TPSA) is 69.9 Å². The molecule has 0 aliphatic carbocycles. The number of ether oxygens (including phenoxy) is 1. The minimum atomic E-state index is -0.943. The largest absolute Gasteiger partial charge is 0.394 e. The van der Waals surface area contributed by atoms with Gasteiger partial charge >= 0.3 is 0 Å². The molecule has 0 aromatic heterocycles. The summed E-state index contributed by atoms with van der Waals surface area (Å²) in [4.78, 5) is 0. The first-order valence-electron chi connectivity index (χ1n) is 3.08. The lowest BCUT2D eigenvalue weighted by Crippen LogP contribution is -2.23. The van der Waals surface area contributed by atoms with Gasteiger partial charge in [0.05, 0.1) is 13.2 Å². The molecule has 61 valence electrons. The summed E-state index contributed by atoms with van der Waals surface area (Å²) < 4.78 is 4.63. The molecule has 0 amide bonds. The van der Waals surface area contributed by atoms with E-state index in [9.17, 15) is 0 Å². The van der Waals surface area contributed by atoms with E-state index in [-0.39, 0.29) is 19.6 Å². The average Bonchev–Trinajstić information content (AvgIpc) is 1.99. The zero-order valence-corrected chi connectivity index (χ0v) is 5.73. The van der Waals surface area contributed by atoms with Crippen LogP contribution in [-0.4, -0.2) is 40.9 Å². The highest BCUT2D eigenvalue weighted by atomic mass is 16.6. The van der Waals surface area contributed by atoms with Crippen LogP contribution in [-0.2, 0) is 4.74 Å². The summed E-state index contributed by atoms with van der Waals surface area (Å²) >= 11 is 0. The molecule has 4 nitrogen and oxygen atoms in total. The Morgan fingerprint density at radius 1 is 1.40 bits per heavy atom. The molecule has 10 heavy (non-hydrogen) atoms. The Balaban J connectivity index is 3.17. The van der Waals surface area contributed by atoms with E-state index in [1.165, 1.54) is 0 Å². The van der Waals surface area contributed by atoms with Crippen LogP contribution < -0.4 is 0 Å². The van der Waals surface area contributed by atoms with Gasteiger partial charge in [-0.2, -0.15) is 0 Å². The van der Waals surface area contributed by atoms with E-state index in [1.54, 1.807) is 0 Å². The van der Waals surface area contributed by atoms with Crippen molar-refractivity contribution < 1.29 is 20.1 Å². The molecular formula is C6H13O4. The molecule has 3 N–H and O–H groups in total. The summed E-state index contributed by atoms with van der Waals surface area (Å²) in [5.41, 5.74) is 0. The first kappa shape index (κ1) is 9.84. The van der Waals surface area contributed by atoms with Crippen molar-refractivity contribution in [3.05, 3.63) is 6.92 Å². The van der Waals surface area contributed by atoms with Gasteiger partial charge in [0.15, 0.2) is 6.29 Å². The molecule has 1 radical (unpaired) electrons. The van der Waals surface area contributed by atoms with Gasteiger partial charge < -0.3 is 20.1 Å². The lowest BCUT2D eigenvalue weighted by Gasteiger charge is -2.11. The second-order valence-electron chi connectivity index (χ2n) is 1.91. The lowest BCUT2D eigenvalue weighted by atomic mass is 10.4. The summed E-state index contributed by atoms with van der Waals surface area (Å²) in [6, 6.07) is 0. The van der Waals surface area contributed by atoms with Crippen LogP contribution in [0.4, 0.5) is 0 Å². The molecule has 0 rings (SSSR count). The molecule has 0 aliphatic heterocycles. The van der Waals surface area contributed by atoms with Crippen LogP contribution in [0.2, 0.25) is 0 Å². The Hall–Kier alpha value is -0.160. The molecule has 2 unspecified atom stereocenters. The van der Waals surface area contributed by atoms with Gasteiger partial charge in [-0.05, 0) is 13.3 Å². The smallest absolute Gasteiger partial charge is 0.154 e. The highest BCUT2D eigenvalue weighted by molar-refractivity contribution is 4.50. The van der Waals surface area contributed by atoms with Crippen LogP contribution in [0, 0.1) is 6.92 Å². The third-order valence-electron chi connectivity index (χ3n) is 0.939. The third-order valence-corrected chi connectivity index (χ3v) is 0.939. The van der Waals surface area contributed by atoms with Gasteiger partial charge in [-0.1, -0.05) is 0 Å². The Morgan fingerprint density at radius 3 is 2.40 bits per heavy atom.